The fourth-order valence-corrected chi connectivity index (χ4v) is 3.43. The molecule has 0 saturated heterocycles. The summed E-state index contributed by atoms with van der Waals surface area (Å²) >= 11 is 1.67. The van der Waals surface area contributed by atoms with E-state index in [0.29, 0.717) is 17.4 Å². The second kappa shape index (κ2) is 8.53. The SMILES string of the molecule is O=C(CCn1c(=O)[nH]c(=O)c2ccccc21)NCCSc1ccccc1. The first-order valence-corrected chi connectivity index (χ1v) is 9.30. The zero-order chi connectivity index (χ0) is 18.4. The number of hydrogen-bond donors (Lipinski definition) is 2. The van der Waals surface area contributed by atoms with E-state index in [2.05, 4.69) is 10.3 Å². The van der Waals surface area contributed by atoms with Gasteiger partial charge in [-0.1, -0.05) is 30.3 Å². The normalized spacial score (nSPS) is 10.8. The Kier molecular flexibility index (Phi) is 5.91. The minimum absolute atomic E-state index is 0.124. The maximum Gasteiger partial charge on any atom is 0.328 e. The smallest absolute Gasteiger partial charge is 0.328 e. The summed E-state index contributed by atoms with van der Waals surface area (Å²) in [5.41, 5.74) is -0.376. The minimum atomic E-state index is -0.499. The highest BCUT2D eigenvalue weighted by molar-refractivity contribution is 7.99. The molecule has 26 heavy (non-hydrogen) atoms. The first kappa shape index (κ1) is 18.0. The quantitative estimate of drug-likeness (QED) is 0.493. The third-order valence-electron chi connectivity index (χ3n) is 3.90. The highest BCUT2D eigenvalue weighted by Crippen LogP contribution is 2.15. The van der Waals surface area contributed by atoms with Gasteiger partial charge in [-0.15, -0.1) is 11.8 Å². The molecule has 1 heterocycles. The molecule has 3 rings (SSSR count). The van der Waals surface area contributed by atoms with Crippen LogP contribution >= 0.6 is 11.8 Å². The van der Waals surface area contributed by atoms with Crippen molar-refractivity contribution in [2.45, 2.75) is 17.9 Å². The van der Waals surface area contributed by atoms with Crippen LogP contribution in [0.15, 0.2) is 69.1 Å². The second-order valence-corrected chi connectivity index (χ2v) is 6.86. The first-order chi connectivity index (χ1) is 12.6. The molecule has 0 saturated carbocycles. The van der Waals surface area contributed by atoms with Gasteiger partial charge in [-0.2, -0.15) is 0 Å². The van der Waals surface area contributed by atoms with Crippen molar-refractivity contribution in [2.24, 2.45) is 0 Å². The summed E-state index contributed by atoms with van der Waals surface area (Å²) in [7, 11) is 0. The largest absolute Gasteiger partial charge is 0.355 e. The standard InChI is InChI=1S/C19H19N3O3S/c23-17(20-11-13-26-14-6-2-1-3-7-14)10-12-22-16-9-5-4-8-15(16)18(24)21-19(22)25/h1-9H,10-13H2,(H,20,23)(H,21,24,25). The number of aromatic amines is 1. The number of fused-ring (bicyclic) bond motifs is 1. The van der Waals surface area contributed by atoms with Gasteiger partial charge in [0, 0.05) is 30.2 Å². The number of rotatable bonds is 7. The molecule has 2 aromatic carbocycles. The van der Waals surface area contributed by atoms with Crippen molar-refractivity contribution in [2.75, 3.05) is 12.3 Å². The van der Waals surface area contributed by atoms with Gasteiger partial charge >= 0.3 is 5.69 Å². The van der Waals surface area contributed by atoms with Crippen LogP contribution in [-0.2, 0) is 11.3 Å². The lowest BCUT2D eigenvalue weighted by Crippen LogP contribution is -2.33. The Morgan fingerprint density at radius 1 is 1.04 bits per heavy atom. The summed E-state index contributed by atoms with van der Waals surface area (Å²) in [6, 6.07) is 16.8. The fraction of sp³-hybridized carbons (Fsp3) is 0.211. The number of H-pyrrole nitrogens is 1. The number of benzene rings is 2. The molecule has 0 bridgehead atoms. The highest BCUT2D eigenvalue weighted by Gasteiger charge is 2.08. The van der Waals surface area contributed by atoms with Gasteiger partial charge in [-0.3, -0.25) is 19.1 Å². The van der Waals surface area contributed by atoms with E-state index in [1.807, 2.05) is 30.3 Å². The van der Waals surface area contributed by atoms with E-state index in [1.54, 1.807) is 36.0 Å². The van der Waals surface area contributed by atoms with Crippen LogP contribution in [0.3, 0.4) is 0 Å². The molecule has 0 atom stereocenters. The zero-order valence-electron chi connectivity index (χ0n) is 14.1. The number of aryl methyl sites for hydroxylation is 1. The predicted molar refractivity (Wildman–Crippen MR) is 104 cm³/mol. The van der Waals surface area contributed by atoms with Gasteiger partial charge in [-0.25, -0.2) is 4.79 Å². The number of carbonyl (C=O) groups excluding carboxylic acids is 1. The van der Waals surface area contributed by atoms with Crippen LogP contribution in [0.25, 0.3) is 10.9 Å². The molecule has 1 amide bonds. The van der Waals surface area contributed by atoms with Crippen LogP contribution in [0.4, 0.5) is 0 Å². The van der Waals surface area contributed by atoms with Crippen LogP contribution in [0.5, 0.6) is 0 Å². The second-order valence-electron chi connectivity index (χ2n) is 5.69. The number of para-hydroxylation sites is 1. The number of nitrogens with zero attached hydrogens (tertiary/aromatic N) is 1. The fourth-order valence-electron chi connectivity index (χ4n) is 2.64. The van der Waals surface area contributed by atoms with Crippen LogP contribution < -0.4 is 16.6 Å². The lowest BCUT2D eigenvalue weighted by molar-refractivity contribution is -0.121. The molecule has 6 nitrogen and oxygen atoms in total. The van der Waals surface area contributed by atoms with E-state index in [4.69, 9.17) is 0 Å². The number of carbonyl (C=O) groups is 1. The van der Waals surface area contributed by atoms with Crippen LogP contribution in [0.2, 0.25) is 0 Å². The molecule has 3 aromatic rings. The Hall–Kier alpha value is -2.80. The Balaban J connectivity index is 1.54. The van der Waals surface area contributed by atoms with E-state index in [9.17, 15) is 14.4 Å². The number of thioether (sulfide) groups is 1. The van der Waals surface area contributed by atoms with Crippen molar-refractivity contribution in [3.63, 3.8) is 0 Å². The maximum absolute atomic E-state index is 12.1. The number of amides is 1. The van der Waals surface area contributed by atoms with Gasteiger partial charge in [0.25, 0.3) is 5.56 Å². The lowest BCUT2D eigenvalue weighted by atomic mass is 10.2. The molecule has 0 unspecified atom stereocenters. The van der Waals surface area contributed by atoms with E-state index in [0.717, 1.165) is 10.6 Å². The Bertz CT molecular complexity index is 1010. The minimum Gasteiger partial charge on any atom is -0.355 e. The van der Waals surface area contributed by atoms with Gasteiger partial charge in [0.05, 0.1) is 10.9 Å². The average Bonchev–Trinajstić information content (AvgIpc) is 2.66. The molecule has 0 aliphatic heterocycles. The Morgan fingerprint density at radius 2 is 1.77 bits per heavy atom. The van der Waals surface area contributed by atoms with Gasteiger partial charge in [0.1, 0.15) is 0 Å². The van der Waals surface area contributed by atoms with Crippen molar-refractivity contribution in [1.29, 1.82) is 0 Å². The third-order valence-corrected chi connectivity index (χ3v) is 4.92. The van der Waals surface area contributed by atoms with Crippen molar-refractivity contribution in [3.8, 4) is 0 Å². The molecule has 2 N–H and O–H groups in total. The summed E-state index contributed by atoms with van der Waals surface area (Å²) in [5, 5.41) is 3.29. The van der Waals surface area contributed by atoms with Gasteiger partial charge < -0.3 is 5.32 Å². The molecule has 0 spiro atoms. The topological polar surface area (TPSA) is 84.0 Å². The van der Waals surface area contributed by atoms with E-state index in [1.165, 1.54) is 4.57 Å². The maximum atomic E-state index is 12.1. The highest BCUT2D eigenvalue weighted by atomic mass is 32.2. The molecule has 0 aliphatic rings. The summed E-state index contributed by atoms with van der Waals surface area (Å²) in [6.07, 6.45) is 0.173. The molecule has 0 fully saturated rings. The van der Waals surface area contributed by atoms with Gasteiger partial charge in [0.2, 0.25) is 5.91 Å². The summed E-state index contributed by atoms with van der Waals surface area (Å²) in [5.74, 6) is 0.651. The van der Waals surface area contributed by atoms with Gasteiger partial charge in [-0.05, 0) is 24.3 Å². The summed E-state index contributed by atoms with van der Waals surface area (Å²) in [4.78, 5) is 39.4. The monoisotopic (exact) mass is 369 g/mol. The van der Waals surface area contributed by atoms with Crippen LogP contribution in [-0.4, -0.2) is 27.8 Å². The zero-order valence-corrected chi connectivity index (χ0v) is 14.9. The number of nitrogens with one attached hydrogen (secondary N) is 2. The van der Waals surface area contributed by atoms with Crippen molar-refractivity contribution in [3.05, 3.63) is 75.4 Å². The molecule has 0 radical (unpaired) electrons. The van der Waals surface area contributed by atoms with Crippen molar-refractivity contribution < 1.29 is 4.79 Å². The number of hydrogen-bond acceptors (Lipinski definition) is 4. The van der Waals surface area contributed by atoms with Crippen LogP contribution in [0.1, 0.15) is 6.42 Å². The molecule has 134 valence electrons. The molecule has 7 heteroatoms. The molecule has 1 aromatic heterocycles. The van der Waals surface area contributed by atoms with Gasteiger partial charge in [0.15, 0.2) is 0 Å². The third kappa shape index (κ3) is 4.43. The average molecular weight is 369 g/mol. The van der Waals surface area contributed by atoms with Crippen molar-refractivity contribution in [1.82, 2.24) is 14.9 Å². The van der Waals surface area contributed by atoms with E-state index in [-0.39, 0.29) is 18.9 Å². The summed E-state index contributed by atoms with van der Waals surface area (Å²) < 4.78 is 1.43. The van der Waals surface area contributed by atoms with E-state index < -0.39 is 11.2 Å². The first-order valence-electron chi connectivity index (χ1n) is 8.31. The Labute approximate surface area is 154 Å². The van der Waals surface area contributed by atoms with Crippen molar-refractivity contribution >= 4 is 28.6 Å². The number of aromatic nitrogens is 2. The predicted octanol–water partition coefficient (Wildman–Crippen LogP) is 1.99. The molecular formula is C19H19N3O3S. The van der Waals surface area contributed by atoms with Crippen LogP contribution in [0, 0.1) is 0 Å². The lowest BCUT2D eigenvalue weighted by Gasteiger charge is -2.09. The summed E-state index contributed by atoms with van der Waals surface area (Å²) in [6.45, 7) is 0.771. The molecular weight excluding hydrogens is 350 g/mol. The molecule has 0 aliphatic carbocycles. The Morgan fingerprint density at radius 3 is 2.58 bits per heavy atom. The van der Waals surface area contributed by atoms with E-state index >= 15 is 0 Å².